The van der Waals surface area contributed by atoms with Gasteiger partial charge in [0, 0.05) is 45.1 Å². The lowest BCUT2D eigenvalue weighted by Crippen LogP contribution is -2.45. The van der Waals surface area contributed by atoms with Crippen LogP contribution in [0.15, 0.2) is 0 Å². The van der Waals surface area contributed by atoms with Crippen molar-refractivity contribution in [3.05, 3.63) is 0 Å². The molecule has 0 unspecified atom stereocenters. The zero-order chi connectivity index (χ0) is 16.2. The fourth-order valence-electron chi connectivity index (χ4n) is 3.01. The van der Waals surface area contributed by atoms with Gasteiger partial charge in [-0.1, -0.05) is 0 Å². The zero-order valence-electron chi connectivity index (χ0n) is 13.1. The molecule has 2 aliphatic rings. The molecule has 0 bridgehead atoms. The Bertz CT molecular complexity index is 512. The van der Waals surface area contributed by atoms with E-state index in [-0.39, 0.29) is 17.7 Å². The van der Waals surface area contributed by atoms with Gasteiger partial charge in [-0.25, -0.2) is 12.7 Å². The Labute approximate surface area is 132 Å². The molecule has 0 saturated carbocycles. The Kier molecular flexibility index (Phi) is 5.80. The standard InChI is InChI=1S/C14H25N3O4S/c1-22(20,21)17-9-5-12(6-10-17)14(19)15-7-11-16-8-3-2-4-13(16)18/h12H,2-11H2,1H3,(H,15,19). The van der Waals surface area contributed by atoms with Crippen LogP contribution in [0, 0.1) is 5.92 Å². The third-order valence-corrected chi connectivity index (χ3v) is 5.70. The number of rotatable bonds is 5. The maximum Gasteiger partial charge on any atom is 0.223 e. The summed E-state index contributed by atoms with van der Waals surface area (Å²) >= 11 is 0. The van der Waals surface area contributed by atoms with Crippen molar-refractivity contribution in [3.8, 4) is 0 Å². The molecule has 2 saturated heterocycles. The average Bonchev–Trinajstić information content (AvgIpc) is 2.48. The summed E-state index contributed by atoms with van der Waals surface area (Å²) in [5.74, 6) is 0.00891. The van der Waals surface area contributed by atoms with Gasteiger partial charge in [0.15, 0.2) is 0 Å². The molecule has 22 heavy (non-hydrogen) atoms. The summed E-state index contributed by atoms with van der Waals surface area (Å²) in [6.45, 7) is 2.62. The van der Waals surface area contributed by atoms with E-state index in [4.69, 9.17) is 0 Å². The van der Waals surface area contributed by atoms with E-state index in [1.807, 2.05) is 0 Å². The van der Waals surface area contributed by atoms with Crippen LogP contribution in [0.3, 0.4) is 0 Å². The van der Waals surface area contributed by atoms with Crippen LogP contribution >= 0.6 is 0 Å². The van der Waals surface area contributed by atoms with Crippen LogP contribution in [0.1, 0.15) is 32.1 Å². The molecular formula is C14H25N3O4S. The van der Waals surface area contributed by atoms with E-state index >= 15 is 0 Å². The largest absolute Gasteiger partial charge is 0.354 e. The van der Waals surface area contributed by atoms with Crippen LogP contribution in [-0.4, -0.2) is 68.4 Å². The number of amides is 2. The molecule has 0 aromatic rings. The van der Waals surface area contributed by atoms with Gasteiger partial charge in [-0.3, -0.25) is 9.59 Å². The normalized spacial score (nSPS) is 21.9. The Morgan fingerprint density at radius 3 is 2.50 bits per heavy atom. The van der Waals surface area contributed by atoms with E-state index in [1.54, 1.807) is 4.90 Å². The number of piperidine rings is 2. The summed E-state index contributed by atoms with van der Waals surface area (Å²) in [4.78, 5) is 25.5. The molecule has 2 rings (SSSR count). The molecule has 1 N–H and O–H groups in total. The van der Waals surface area contributed by atoms with Gasteiger partial charge in [-0.05, 0) is 25.7 Å². The van der Waals surface area contributed by atoms with Crippen LogP contribution in [0.25, 0.3) is 0 Å². The van der Waals surface area contributed by atoms with Crippen molar-refractivity contribution in [2.45, 2.75) is 32.1 Å². The van der Waals surface area contributed by atoms with Gasteiger partial charge >= 0.3 is 0 Å². The first-order valence-corrected chi connectivity index (χ1v) is 9.73. The van der Waals surface area contributed by atoms with E-state index in [0.717, 1.165) is 19.4 Å². The van der Waals surface area contributed by atoms with Crippen molar-refractivity contribution in [1.29, 1.82) is 0 Å². The third-order valence-electron chi connectivity index (χ3n) is 4.40. The van der Waals surface area contributed by atoms with Crippen molar-refractivity contribution in [3.63, 3.8) is 0 Å². The summed E-state index contributed by atoms with van der Waals surface area (Å²) in [5, 5.41) is 2.87. The molecular weight excluding hydrogens is 306 g/mol. The van der Waals surface area contributed by atoms with Crippen LogP contribution in [0.5, 0.6) is 0 Å². The number of carbonyl (C=O) groups excluding carboxylic acids is 2. The molecule has 0 atom stereocenters. The second-order valence-corrected chi connectivity index (χ2v) is 8.05. The first-order valence-electron chi connectivity index (χ1n) is 7.88. The zero-order valence-corrected chi connectivity index (χ0v) is 13.9. The van der Waals surface area contributed by atoms with Crippen molar-refractivity contribution in [2.75, 3.05) is 39.0 Å². The predicted octanol–water partition coefficient (Wildman–Crippen LogP) is -0.213. The summed E-state index contributed by atoms with van der Waals surface area (Å²) in [7, 11) is -3.16. The number of hydrogen-bond donors (Lipinski definition) is 1. The van der Waals surface area contributed by atoms with Gasteiger partial charge in [0.05, 0.1) is 6.26 Å². The molecule has 0 spiro atoms. The minimum atomic E-state index is -3.16. The summed E-state index contributed by atoms with van der Waals surface area (Å²) in [6, 6.07) is 0. The molecule has 8 heteroatoms. The Hall–Kier alpha value is -1.15. The molecule has 0 aromatic carbocycles. The number of hydrogen-bond acceptors (Lipinski definition) is 4. The number of likely N-dealkylation sites (tertiary alicyclic amines) is 1. The number of nitrogens with zero attached hydrogens (tertiary/aromatic N) is 2. The Morgan fingerprint density at radius 1 is 1.23 bits per heavy atom. The maximum absolute atomic E-state index is 12.1. The highest BCUT2D eigenvalue weighted by Crippen LogP contribution is 2.19. The third kappa shape index (κ3) is 4.67. The van der Waals surface area contributed by atoms with Gasteiger partial charge in [0.25, 0.3) is 0 Å². The van der Waals surface area contributed by atoms with Crippen LogP contribution in [-0.2, 0) is 19.6 Å². The smallest absolute Gasteiger partial charge is 0.223 e. The summed E-state index contributed by atoms with van der Waals surface area (Å²) in [6.07, 6.45) is 4.91. The number of sulfonamides is 1. The number of carbonyl (C=O) groups is 2. The fraction of sp³-hybridized carbons (Fsp3) is 0.857. The van der Waals surface area contributed by atoms with E-state index in [1.165, 1.54) is 10.6 Å². The number of nitrogens with one attached hydrogen (secondary N) is 1. The molecule has 7 nitrogen and oxygen atoms in total. The van der Waals surface area contributed by atoms with Gasteiger partial charge in [0.2, 0.25) is 21.8 Å². The Balaban J connectivity index is 1.69. The lowest BCUT2D eigenvalue weighted by Gasteiger charge is -2.30. The second kappa shape index (κ2) is 7.41. The molecule has 0 radical (unpaired) electrons. The molecule has 2 amide bonds. The topological polar surface area (TPSA) is 86.8 Å². The average molecular weight is 331 g/mol. The monoisotopic (exact) mass is 331 g/mol. The van der Waals surface area contributed by atoms with E-state index < -0.39 is 10.0 Å². The molecule has 0 aromatic heterocycles. The first kappa shape index (κ1) is 17.2. The van der Waals surface area contributed by atoms with Crippen LogP contribution in [0.2, 0.25) is 0 Å². The second-order valence-electron chi connectivity index (χ2n) is 6.07. The lowest BCUT2D eigenvalue weighted by atomic mass is 9.97. The molecule has 2 aliphatic heterocycles. The lowest BCUT2D eigenvalue weighted by molar-refractivity contribution is -0.134. The summed E-state index contributed by atoms with van der Waals surface area (Å²) < 4.78 is 24.3. The highest BCUT2D eigenvalue weighted by molar-refractivity contribution is 7.88. The van der Waals surface area contributed by atoms with Gasteiger partial charge in [-0.2, -0.15) is 0 Å². The van der Waals surface area contributed by atoms with Crippen molar-refractivity contribution >= 4 is 21.8 Å². The van der Waals surface area contributed by atoms with E-state index in [0.29, 0.717) is 45.4 Å². The molecule has 2 heterocycles. The maximum atomic E-state index is 12.1. The van der Waals surface area contributed by atoms with Crippen molar-refractivity contribution < 1.29 is 18.0 Å². The molecule has 126 valence electrons. The van der Waals surface area contributed by atoms with Gasteiger partial charge in [0.1, 0.15) is 0 Å². The Morgan fingerprint density at radius 2 is 1.91 bits per heavy atom. The summed E-state index contributed by atoms with van der Waals surface area (Å²) in [5.41, 5.74) is 0. The van der Waals surface area contributed by atoms with Crippen molar-refractivity contribution in [1.82, 2.24) is 14.5 Å². The van der Waals surface area contributed by atoms with Gasteiger partial charge in [-0.15, -0.1) is 0 Å². The highest BCUT2D eigenvalue weighted by atomic mass is 32.2. The fourth-order valence-corrected chi connectivity index (χ4v) is 3.88. The highest BCUT2D eigenvalue weighted by Gasteiger charge is 2.28. The SMILES string of the molecule is CS(=O)(=O)N1CCC(C(=O)NCCN2CCCCC2=O)CC1. The van der Waals surface area contributed by atoms with Crippen molar-refractivity contribution in [2.24, 2.45) is 5.92 Å². The van der Waals surface area contributed by atoms with Gasteiger partial charge < -0.3 is 10.2 Å². The predicted molar refractivity (Wildman–Crippen MR) is 82.6 cm³/mol. The van der Waals surface area contributed by atoms with Crippen LogP contribution in [0.4, 0.5) is 0 Å². The van der Waals surface area contributed by atoms with E-state index in [2.05, 4.69) is 5.32 Å². The minimum absolute atomic E-state index is 0.0300. The molecule has 0 aliphatic carbocycles. The quantitative estimate of drug-likeness (QED) is 0.755. The first-order chi connectivity index (χ1) is 10.4. The van der Waals surface area contributed by atoms with E-state index in [9.17, 15) is 18.0 Å². The minimum Gasteiger partial charge on any atom is -0.354 e. The van der Waals surface area contributed by atoms with Crippen LogP contribution < -0.4 is 5.32 Å². The molecule has 2 fully saturated rings.